The van der Waals surface area contributed by atoms with Crippen molar-refractivity contribution in [3.05, 3.63) is 22.2 Å². The minimum Gasteiger partial charge on any atom is -0.493 e. The van der Waals surface area contributed by atoms with Crippen molar-refractivity contribution < 1.29 is 18.9 Å². The third-order valence-corrected chi connectivity index (χ3v) is 7.35. The summed E-state index contributed by atoms with van der Waals surface area (Å²) in [6, 6.07) is 3.68. The quantitative estimate of drug-likeness (QED) is 0.263. The van der Waals surface area contributed by atoms with Crippen molar-refractivity contribution in [2.45, 2.75) is 79.6 Å². The molecule has 0 amide bonds. The number of nitro benzene ring substituents is 1. The average molecular weight is 429 g/mol. The van der Waals surface area contributed by atoms with E-state index in [0.29, 0.717) is 11.5 Å². The molecule has 0 aliphatic heterocycles. The number of benzene rings is 1. The van der Waals surface area contributed by atoms with Gasteiger partial charge in [0.05, 0.1) is 25.2 Å². The Morgan fingerprint density at radius 2 is 1.17 bits per heavy atom. The fourth-order valence-corrected chi connectivity index (χ4v) is 5.68. The van der Waals surface area contributed by atoms with Crippen molar-refractivity contribution in [2.75, 3.05) is 14.2 Å². The lowest BCUT2D eigenvalue weighted by Gasteiger charge is -2.45. The molecule has 0 spiro atoms. The molecule has 0 bridgehead atoms. The minimum absolute atomic E-state index is 0.143. The molecule has 0 saturated heterocycles. The van der Waals surface area contributed by atoms with Crippen molar-refractivity contribution >= 4 is 14.1 Å². The van der Waals surface area contributed by atoms with Gasteiger partial charge in [-0.05, 0) is 55.4 Å². The summed E-state index contributed by atoms with van der Waals surface area (Å²) in [4.78, 5) is 11.3. The Kier molecular flexibility index (Phi) is 9.59. The molecule has 1 aromatic carbocycles. The predicted octanol–water partition coefficient (Wildman–Crippen LogP) is 5.46. The molecule has 0 heterocycles. The Hall–Kier alpha value is -1.63. The van der Waals surface area contributed by atoms with Gasteiger partial charge in [0.1, 0.15) is 0 Å². The molecule has 8 nitrogen and oxygen atoms in total. The number of nitro groups is 1. The van der Waals surface area contributed by atoms with Crippen LogP contribution in [0.5, 0.6) is 17.2 Å². The fraction of sp³-hybridized carbons (Fsp3) is 0.700. The summed E-state index contributed by atoms with van der Waals surface area (Å²) in [7, 11) is 1.62. The van der Waals surface area contributed by atoms with Gasteiger partial charge in [-0.2, -0.15) is 0 Å². The molecular weight excluding hydrogens is 393 g/mol. The lowest BCUT2D eigenvalue weighted by molar-refractivity contribution is -0.385. The van der Waals surface area contributed by atoms with E-state index in [9.17, 15) is 10.1 Å². The van der Waals surface area contributed by atoms with Gasteiger partial charge in [0, 0.05) is 30.2 Å². The number of methoxy groups -OCH3 is 2. The molecule has 0 radical (unpaired) electrons. The highest BCUT2D eigenvalue weighted by Crippen LogP contribution is 2.53. The first-order chi connectivity index (χ1) is 13.5. The van der Waals surface area contributed by atoms with Crippen LogP contribution in [0.15, 0.2) is 12.1 Å². The summed E-state index contributed by atoms with van der Waals surface area (Å²) in [5, 5.41) is 11.8. The van der Waals surface area contributed by atoms with E-state index < -0.39 is 13.4 Å². The Balaban J connectivity index is 3.62. The Morgan fingerprint density at radius 3 is 1.48 bits per heavy atom. The van der Waals surface area contributed by atoms with E-state index in [-0.39, 0.29) is 35.6 Å². The van der Waals surface area contributed by atoms with Crippen molar-refractivity contribution in [1.82, 2.24) is 9.34 Å². The van der Waals surface area contributed by atoms with Gasteiger partial charge >= 0.3 is 5.69 Å². The summed E-state index contributed by atoms with van der Waals surface area (Å²) in [5.41, 5.74) is -0.143. The Bertz CT molecular complexity index is 646. The van der Waals surface area contributed by atoms with Crippen molar-refractivity contribution in [2.24, 2.45) is 0 Å². The van der Waals surface area contributed by atoms with Crippen molar-refractivity contribution in [1.29, 1.82) is 0 Å². The molecule has 29 heavy (non-hydrogen) atoms. The molecule has 0 saturated carbocycles. The average Bonchev–Trinajstić information content (AvgIpc) is 2.59. The molecule has 0 N–H and O–H groups in total. The van der Waals surface area contributed by atoms with Crippen LogP contribution >= 0.6 is 8.45 Å². The van der Waals surface area contributed by atoms with Crippen molar-refractivity contribution in [3.63, 3.8) is 0 Å². The highest BCUT2D eigenvalue weighted by atomic mass is 31.2. The van der Waals surface area contributed by atoms with Crippen LogP contribution in [0.2, 0.25) is 0 Å². The maximum Gasteiger partial charge on any atom is 0.315 e. The van der Waals surface area contributed by atoms with Gasteiger partial charge in [-0.3, -0.25) is 10.1 Å². The second kappa shape index (κ2) is 11.0. The van der Waals surface area contributed by atoms with E-state index in [2.05, 4.69) is 64.7 Å². The maximum atomic E-state index is 11.8. The van der Waals surface area contributed by atoms with E-state index in [1.165, 1.54) is 20.3 Å². The van der Waals surface area contributed by atoms with E-state index in [4.69, 9.17) is 14.0 Å². The fourth-order valence-electron chi connectivity index (χ4n) is 3.35. The lowest BCUT2D eigenvalue weighted by atomic mass is 10.2. The number of hydrogen-bond acceptors (Lipinski definition) is 7. The minimum atomic E-state index is -1.33. The van der Waals surface area contributed by atoms with E-state index in [0.717, 1.165) is 0 Å². The highest BCUT2D eigenvalue weighted by Gasteiger charge is 2.37. The highest BCUT2D eigenvalue weighted by molar-refractivity contribution is 7.47. The van der Waals surface area contributed by atoms with Crippen LogP contribution in [-0.2, 0) is 0 Å². The Labute approximate surface area is 176 Å². The molecule has 0 aromatic heterocycles. The standard InChI is InChI=1S/C20H36N3O5P/c1-13(2)21(14(3)4)29(22(15(5)6)16(7)8)28-18-12-20(27-10)19(26-9)11-17(18)23(24)25/h11-16H,1-10H3. The SMILES string of the molecule is COc1cc(OP(N(C(C)C)C(C)C)N(C(C)C)C(C)C)c([N+](=O)[O-])cc1OC. The topological polar surface area (TPSA) is 77.3 Å². The summed E-state index contributed by atoms with van der Waals surface area (Å²) >= 11 is 0. The second-order valence-corrected chi connectivity index (χ2v) is 9.52. The predicted molar refractivity (Wildman–Crippen MR) is 118 cm³/mol. The molecule has 166 valence electrons. The van der Waals surface area contributed by atoms with Gasteiger partial charge in [0.2, 0.25) is 14.2 Å². The van der Waals surface area contributed by atoms with Crippen LogP contribution in [0.1, 0.15) is 55.4 Å². The zero-order valence-electron chi connectivity index (χ0n) is 19.3. The molecular formula is C20H36N3O5P. The summed E-state index contributed by atoms with van der Waals surface area (Å²) < 4.78 is 21.6. The number of ether oxygens (including phenoxy) is 2. The van der Waals surface area contributed by atoms with Crippen LogP contribution in [0, 0.1) is 10.1 Å². The summed E-state index contributed by atoms with van der Waals surface area (Å²) in [6.45, 7) is 16.9. The molecule has 0 atom stereocenters. The normalized spacial score (nSPS) is 12.2. The van der Waals surface area contributed by atoms with E-state index in [1.54, 1.807) is 6.07 Å². The largest absolute Gasteiger partial charge is 0.493 e. The van der Waals surface area contributed by atoms with Crippen LogP contribution < -0.4 is 14.0 Å². The third-order valence-electron chi connectivity index (χ3n) is 4.35. The molecule has 0 fully saturated rings. The molecule has 1 rings (SSSR count). The maximum absolute atomic E-state index is 11.8. The molecule has 0 aliphatic carbocycles. The molecule has 0 aliphatic rings. The summed E-state index contributed by atoms with van der Waals surface area (Å²) in [6.07, 6.45) is 0. The number of rotatable bonds is 11. The Morgan fingerprint density at radius 1 is 0.793 bits per heavy atom. The first-order valence-electron chi connectivity index (χ1n) is 9.91. The first kappa shape index (κ1) is 25.4. The smallest absolute Gasteiger partial charge is 0.315 e. The van der Waals surface area contributed by atoms with Crippen LogP contribution in [0.4, 0.5) is 5.69 Å². The summed E-state index contributed by atoms with van der Waals surface area (Å²) in [5.74, 6) is 0.866. The monoisotopic (exact) mass is 429 g/mol. The van der Waals surface area contributed by atoms with Gasteiger partial charge < -0.3 is 14.0 Å². The van der Waals surface area contributed by atoms with Gasteiger partial charge in [0.15, 0.2) is 11.5 Å². The van der Waals surface area contributed by atoms with Crippen LogP contribution in [-0.4, -0.2) is 52.7 Å². The molecule has 0 unspecified atom stereocenters. The van der Waals surface area contributed by atoms with E-state index in [1.807, 2.05) is 0 Å². The lowest BCUT2D eigenvalue weighted by Crippen LogP contribution is -2.44. The molecule has 1 aromatic rings. The van der Waals surface area contributed by atoms with Gasteiger partial charge in [-0.1, -0.05) is 0 Å². The number of nitrogens with zero attached hydrogens (tertiary/aromatic N) is 3. The first-order valence-corrected chi connectivity index (χ1v) is 11.1. The van der Waals surface area contributed by atoms with Gasteiger partial charge in [-0.15, -0.1) is 0 Å². The van der Waals surface area contributed by atoms with Crippen molar-refractivity contribution in [3.8, 4) is 17.2 Å². The van der Waals surface area contributed by atoms with Crippen LogP contribution in [0.25, 0.3) is 0 Å². The zero-order chi connectivity index (χ0) is 22.5. The van der Waals surface area contributed by atoms with Gasteiger partial charge in [0.25, 0.3) is 0 Å². The van der Waals surface area contributed by atoms with Crippen LogP contribution in [0.3, 0.4) is 0 Å². The second-order valence-electron chi connectivity index (χ2n) is 7.91. The van der Waals surface area contributed by atoms with E-state index >= 15 is 0 Å². The van der Waals surface area contributed by atoms with Gasteiger partial charge in [-0.25, -0.2) is 9.34 Å². The zero-order valence-corrected chi connectivity index (χ0v) is 20.2. The third kappa shape index (κ3) is 6.17. The molecule has 9 heteroatoms. The number of hydrogen-bond donors (Lipinski definition) is 0.